The molecule has 0 aliphatic rings. The molecule has 1 atom stereocenters. The van der Waals surface area contributed by atoms with E-state index >= 15 is 0 Å². The highest BCUT2D eigenvalue weighted by atomic mass is 16.5. The highest BCUT2D eigenvalue weighted by molar-refractivity contribution is 5.72. The number of hydrogen-bond donors (Lipinski definition) is 1. The maximum Gasteiger partial charge on any atom is 0.334 e. The van der Waals surface area contributed by atoms with Crippen LogP contribution in [0.5, 0.6) is 0 Å². The molecule has 0 aliphatic carbocycles. The van der Waals surface area contributed by atoms with Gasteiger partial charge in [0.2, 0.25) is 0 Å². The number of aryl methyl sites for hydroxylation is 1. The maximum absolute atomic E-state index is 11.4. The van der Waals surface area contributed by atoms with Crippen molar-refractivity contribution in [3.05, 3.63) is 22.9 Å². The van der Waals surface area contributed by atoms with Crippen LogP contribution >= 0.6 is 0 Å². The zero-order valence-electron chi connectivity index (χ0n) is 8.71. The van der Waals surface area contributed by atoms with E-state index in [1.807, 2.05) is 0 Å². The molecular formula is C9H14N2O4. The minimum atomic E-state index is -1.06. The molecule has 0 radical (unpaired) electrons. The number of carboxylic acid groups (broad SMARTS) is 1. The van der Waals surface area contributed by atoms with E-state index in [2.05, 4.69) is 0 Å². The Morgan fingerprint density at radius 1 is 1.60 bits per heavy atom. The van der Waals surface area contributed by atoms with Gasteiger partial charge in [-0.25, -0.2) is 9.59 Å². The van der Waals surface area contributed by atoms with Gasteiger partial charge in [0, 0.05) is 26.0 Å². The fourth-order valence-electron chi connectivity index (χ4n) is 1.23. The Bertz CT molecular complexity index is 393. The molecule has 0 aliphatic heterocycles. The lowest BCUT2D eigenvalue weighted by Crippen LogP contribution is -2.33. The number of aromatic nitrogens is 2. The summed E-state index contributed by atoms with van der Waals surface area (Å²) < 4.78 is 7.70. The fraction of sp³-hybridized carbons (Fsp3) is 0.556. The third kappa shape index (κ3) is 2.69. The van der Waals surface area contributed by atoms with Crippen molar-refractivity contribution >= 4 is 5.97 Å². The highest BCUT2D eigenvalue weighted by Gasteiger charge is 2.18. The molecule has 0 saturated heterocycles. The number of ether oxygens (including phenoxy) is 1. The third-order valence-corrected chi connectivity index (χ3v) is 2.02. The van der Waals surface area contributed by atoms with E-state index in [4.69, 9.17) is 9.84 Å². The molecule has 15 heavy (non-hydrogen) atoms. The van der Waals surface area contributed by atoms with E-state index in [9.17, 15) is 9.59 Å². The first kappa shape index (κ1) is 11.5. The van der Waals surface area contributed by atoms with Gasteiger partial charge in [-0.2, -0.15) is 0 Å². The van der Waals surface area contributed by atoms with E-state index < -0.39 is 12.1 Å². The molecule has 0 bridgehead atoms. The molecular weight excluding hydrogens is 200 g/mol. The largest absolute Gasteiger partial charge is 0.479 e. The highest BCUT2D eigenvalue weighted by Crippen LogP contribution is 1.96. The summed E-state index contributed by atoms with van der Waals surface area (Å²) in [5, 5.41) is 8.82. The second-order valence-corrected chi connectivity index (χ2v) is 3.13. The van der Waals surface area contributed by atoms with Crippen LogP contribution in [0.1, 0.15) is 6.92 Å². The van der Waals surface area contributed by atoms with Crippen molar-refractivity contribution in [2.24, 2.45) is 7.05 Å². The number of carboxylic acids is 1. The van der Waals surface area contributed by atoms with Gasteiger partial charge in [-0.3, -0.25) is 4.57 Å². The third-order valence-electron chi connectivity index (χ3n) is 2.02. The Morgan fingerprint density at radius 3 is 2.67 bits per heavy atom. The van der Waals surface area contributed by atoms with Crippen LogP contribution in [-0.2, 0) is 23.1 Å². The van der Waals surface area contributed by atoms with E-state index in [1.54, 1.807) is 20.2 Å². The van der Waals surface area contributed by atoms with E-state index in [0.29, 0.717) is 6.61 Å². The van der Waals surface area contributed by atoms with Gasteiger partial charge in [0.25, 0.3) is 0 Å². The Morgan fingerprint density at radius 2 is 2.27 bits per heavy atom. The Labute approximate surface area is 86.7 Å². The number of rotatable bonds is 5. The number of imidazole rings is 1. The molecule has 0 aromatic carbocycles. The molecule has 1 N–H and O–H groups in total. The number of carbonyl (C=O) groups is 1. The van der Waals surface area contributed by atoms with Crippen LogP contribution < -0.4 is 5.69 Å². The summed E-state index contributed by atoms with van der Waals surface area (Å²) in [5.74, 6) is -1.06. The molecule has 0 spiro atoms. The molecule has 84 valence electrons. The van der Waals surface area contributed by atoms with Gasteiger partial charge in [0.1, 0.15) is 0 Å². The molecule has 0 amide bonds. The molecule has 1 heterocycles. The number of aliphatic carboxylic acids is 1. The Hall–Kier alpha value is -1.56. The van der Waals surface area contributed by atoms with Crippen LogP contribution in [0.25, 0.3) is 0 Å². The molecule has 6 heteroatoms. The standard InChI is InChI=1S/C9H14N2O4/c1-3-15-7(8(12)13)6-11-5-4-10(2)9(11)14/h4-5,7H,3,6H2,1-2H3,(H,12,13). The van der Waals surface area contributed by atoms with Crippen LogP contribution in [0.2, 0.25) is 0 Å². The minimum Gasteiger partial charge on any atom is -0.479 e. The molecule has 6 nitrogen and oxygen atoms in total. The topological polar surface area (TPSA) is 73.5 Å². The first-order valence-corrected chi connectivity index (χ1v) is 4.62. The van der Waals surface area contributed by atoms with Gasteiger partial charge in [0.05, 0.1) is 6.54 Å². The average molecular weight is 214 g/mol. The predicted molar refractivity (Wildman–Crippen MR) is 52.7 cm³/mol. The van der Waals surface area contributed by atoms with Gasteiger partial charge >= 0.3 is 11.7 Å². The van der Waals surface area contributed by atoms with Crippen LogP contribution in [0, 0.1) is 0 Å². The molecule has 0 fully saturated rings. The van der Waals surface area contributed by atoms with Crippen molar-refractivity contribution in [2.75, 3.05) is 6.61 Å². The molecule has 1 rings (SSSR count). The lowest BCUT2D eigenvalue weighted by atomic mass is 10.3. The van der Waals surface area contributed by atoms with E-state index in [0.717, 1.165) is 0 Å². The van der Waals surface area contributed by atoms with Crippen molar-refractivity contribution in [2.45, 2.75) is 19.6 Å². The quantitative estimate of drug-likeness (QED) is 0.728. The normalized spacial score (nSPS) is 12.7. The Kier molecular flexibility index (Phi) is 3.68. The van der Waals surface area contributed by atoms with E-state index in [-0.39, 0.29) is 12.2 Å². The second-order valence-electron chi connectivity index (χ2n) is 3.13. The van der Waals surface area contributed by atoms with Crippen molar-refractivity contribution in [3.8, 4) is 0 Å². The maximum atomic E-state index is 11.4. The summed E-state index contributed by atoms with van der Waals surface area (Å²) in [5.41, 5.74) is -0.249. The summed E-state index contributed by atoms with van der Waals surface area (Å²) in [7, 11) is 1.61. The SMILES string of the molecule is CCOC(Cn1ccn(C)c1=O)C(=O)O. The minimum absolute atomic E-state index is 0.0306. The zero-order valence-corrected chi connectivity index (χ0v) is 8.71. The molecule has 1 unspecified atom stereocenters. The monoisotopic (exact) mass is 214 g/mol. The smallest absolute Gasteiger partial charge is 0.334 e. The molecule has 1 aromatic rings. The van der Waals surface area contributed by atoms with Crippen molar-refractivity contribution in [1.29, 1.82) is 0 Å². The van der Waals surface area contributed by atoms with Crippen LogP contribution in [0.3, 0.4) is 0 Å². The van der Waals surface area contributed by atoms with Crippen molar-refractivity contribution in [3.63, 3.8) is 0 Å². The fourth-order valence-corrected chi connectivity index (χ4v) is 1.23. The predicted octanol–water partition coefficient (Wildman–Crippen LogP) is -0.324. The first-order valence-electron chi connectivity index (χ1n) is 4.62. The summed E-state index contributed by atoms with van der Waals surface area (Å²) in [6.45, 7) is 2.05. The van der Waals surface area contributed by atoms with Gasteiger partial charge in [-0.15, -0.1) is 0 Å². The van der Waals surface area contributed by atoms with Crippen molar-refractivity contribution < 1.29 is 14.6 Å². The summed E-state index contributed by atoms with van der Waals surface area (Å²) in [6, 6.07) is 0. The van der Waals surface area contributed by atoms with Crippen LogP contribution in [0.4, 0.5) is 0 Å². The van der Waals surface area contributed by atoms with Crippen LogP contribution in [-0.4, -0.2) is 32.9 Å². The van der Waals surface area contributed by atoms with Crippen LogP contribution in [0.15, 0.2) is 17.2 Å². The molecule has 1 aromatic heterocycles. The zero-order chi connectivity index (χ0) is 11.4. The summed E-state index contributed by atoms with van der Waals surface area (Å²) in [6.07, 6.45) is 2.14. The second kappa shape index (κ2) is 4.79. The van der Waals surface area contributed by atoms with Gasteiger partial charge in [0.15, 0.2) is 6.10 Å². The summed E-state index contributed by atoms with van der Waals surface area (Å²) in [4.78, 5) is 22.2. The lowest BCUT2D eigenvalue weighted by Gasteiger charge is -2.11. The number of hydrogen-bond acceptors (Lipinski definition) is 3. The lowest BCUT2D eigenvalue weighted by molar-refractivity contribution is -0.151. The average Bonchev–Trinajstić information content (AvgIpc) is 2.48. The Balaban J connectivity index is 2.78. The van der Waals surface area contributed by atoms with Gasteiger partial charge < -0.3 is 14.4 Å². The first-order chi connectivity index (χ1) is 7.06. The number of nitrogens with zero attached hydrogens (tertiary/aromatic N) is 2. The van der Waals surface area contributed by atoms with Gasteiger partial charge in [-0.1, -0.05) is 0 Å². The van der Waals surface area contributed by atoms with Gasteiger partial charge in [-0.05, 0) is 6.92 Å². The molecule has 0 saturated carbocycles. The summed E-state index contributed by atoms with van der Waals surface area (Å²) >= 11 is 0. The van der Waals surface area contributed by atoms with Crippen molar-refractivity contribution in [1.82, 2.24) is 9.13 Å². The van der Waals surface area contributed by atoms with E-state index in [1.165, 1.54) is 15.3 Å².